The Kier molecular flexibility index (Phi) is 4.05. The molecule has 0 bridgehead atoms. The van der Waals surface area contributed by atoms with E-state index in [0.29, 0.717) is 17.7 Å². The zero-order valence-corrected chi connectivity index (χ0v) is 14.0. The van der Waals surface area contributed by atoms with E-state index in [2.05, 4.69) is 14.6 Å². The second-order valence-corrected chi connectivity index (χ2v) is 5.89. The fraction of sp³-hybridized carbons (Fsp3) is 0.333. The van der Waals surface area contributed by atoms with Crippen molar-refractivity contribution in [3.05, 3.63) is 45.2 Å². The topological polar surface area (TPSA) is 82.6 Å². The minimum absolute atomic E-state index is 0.305. The van der Waals surface area contributed by atoms with Crippen molar-refractivity contribution in [3.8, 4) is 17.0 Å². The highest BCUT2D eigenvalue weighted by molar-refractivity contribution is 5.93. The number of methoxy groups -OCH3 is 1. The minimum atomic E-state index is -0.842. The monoisotopic (exact) mass is 328 g/mol. The molecule has 1 aromatic heterocycles. The largest absolute Gasteiger partial charge is 0.506 e. The Morgan fingerprint density at radius 2 is 2.17 bits per heavy atom. The Labute approximate surface area is 139 Å². The Hall–Kier alpha value is -2.76. The number of hydrogen-bond acceptors (Lipinski definition) is 5. The molecule has 126 valence electrons. The van der Waals surface area contributed by atoms with Crippen LogP contribution >= 0.6 is 0 Å². The van der Waals surface area contributed by atoms with Gasteiger partial charge in [-0.2, -0.15) is 0 Å². The van der Waals surface area contributed by atoms with Gasteiger partial charge in [-0.3, -0.25) is 4.79 Å². The number of fused-ring (bicyclic) bond motifs is 1. The molecule has 2 heterocycles. The number of pyridine rings is 1. The van der Waals surface area contributed by atoms with Crippen LogP contribution < -0.4 is 10.5 Å². The molecule has 0 fully saturated rings. The maximum atomic E-state index is 12.3. The van der Waals surface area contributed by atoms with Gasteiger partial charge in [-0.1, -0.05) is 13.0 Å². The summed E-state index contributed by atoms with van der Waals surface area (Å²) in [6, 6.07) is 5.96. The molecule has 0 aliphatic carbocycles. The van der Waals surface area contributed by atoms with Crippen LogP contribution in [0.2, 0.25) is 0 Å². The minimum Gasteiger partial charge on any atom is -0.506 e. The third kappa shape index (κ3) is 2.44. The SMILES string of the molecule is CCc1c(-c2ccc3c(c2)CCN3C)[nH]c(=O)c(C(=O)OC)c1O. The van der Waals surface area contributed by atoms with E-state index in [-0.39, 0.29) is 11.3 Å². The molecule has 0 saturated heterocycles. The van der Waals surface area contributed by atoms with E-state index in [4.69, 9.17) is 0 Å². The first kappa shape index (κ1) is 16.1. The summed E-state index contributed by atoms with van der Waals surface area (Å²) >= 11 is 0. The Balaban J connectivity index is 2.19. The number of aromatic nitrogens is 1. The lowest BCUT2D eigenvalue weighted by molar-refractivity contribution is 0.0595. The van der Waals surface area contributed by atoms with Gasteiger partial charge in [-0.25, -0.2) is 4.79 Å². The summed E-state index contributed by atoms with van der Waals surface area (Å²) in [5.41, 5.74) is 3.28. The summed E-state index contributed by atoms with van der Waals surface area (Å²) in [5, 5.41) is 10.4. The number of aromatic hydroxyl groups is 1. The van der Waals surface area contributed by atoms with Crippen LogP contribution in [0.4, 0.5) is 5.69 Å². The first-order chi connectivity index (χ1) is 11.5. The van der Waals surface area contributed by atoms with Crippen molar-refractivity contribution >= 4 is 11.7 Å². The normalized spacial score (nSPS) is 13.0. The van der Waals surface area contributed by atoms with Gasteiger partial charge in [0, 0.05) is 24.8 Å². The van der Waals surface area contributed by atoms with Gasteiger partial charge in [0.05, 0.1) is 12.8 Å². The van der Waals surface area contributed by atoms with Gasteiger partial charge in [-0.15, -0.1) is 0 Å². The van der Waals surface area contributed by atoms with Crippen molar-refractivity contribution in [2.45, 2.75) is 19.8 Å². The highest BCUT2D eigenvalue weighted by Crippen LogP contribution is 2.34. The number of carbonyl (C=O) groups is 1. The van der Waals surface area contributed by atoms with E-state index in [0.717, 1.165) is 18.5 Å². The van der Waals surface area contributed by atoms with Crippen LogP contribution in [0.15, 0.2) is 23.0 Å². The molecule has 0 saturated carbocycles. The van der Waals surface area contributed by atoms with Gasteiger partial charge in [-0.05, 0) is 36.1 Å². The van der Waals surface area contributed by atoms with Gasteiger partial charge >= 0.3 is 5.97 Å². The maximum Gasteiger partial charge on any atom is 0.347 e. The Bertz CT molecular complexity index is 870. The third-order valence-electron chi connectivity index (χ3n) is 4.53. The van der Waals surface area contributed by atoms with Crippen molar-refractivity contribution in [1.29, 1.82) is 0 Å². The van der Waals surface area contributed by atoms with Crippen LogP contribution in [-0.2, 0) is 17.6 Å². The lowest BCUT2D eigenvalue weighted by Gasteiger charge is -2.15. The van der Waals surface area contributed by atoms with Crippen molar-refractivity contribution in [1.82, 2.24) is 4.98 Å². The van der Waals surface area contributed by atoms with Crippen LogP contribution in [0.1, 0.15) is 28.4 Å². The number of benzene rings is 1. The molecule has 3 rings (SSSR count). The van der Waals surface area contributed by atoms with Gasteiger partial charge in [0.15, 0.2) is 5.56 Å². The van der Waals surface area contributed by atoms with Gasteiger partial charge in [0.25, 0.3) is 5.56 Å². The average molecular weight is 328 g/mol. The number of aromatic amines is 1. The molecule has 0 atom stereocenters. The highest BCUT2D eigenvalue weighted by Gasteiger charge is 2.24. The van der Waals surface area contributed by atoms with E-state index in [9.17, 15) is 14.7 Å². The Morgan fingerprint density at radius 3 is 2.83 bits per heavy atom. The molecule has 0 unspecified atom stereocenters. The number of anilines is 1. The summed E-state index contributed by atoms with van der Waals surface area (Å²) in [6.07, 6.45) is 1.41. The number of ether oxygens (including phenoxy) is 1. The molecule has 0 radical (unpaired) electrons. The standard InChI is InChI=1S/C18H20N2O4/c1-4-12-15(19-17(22)14(16(12)21)18(23)24-3)11-5-6-13-10(9-11)7-8-20(13)2/h5-6,9H,4,7-8H2,1-3H3,(H2,19,21,22). The number of nitrogens with one attached hydrogen (secondary N) is 1. The lowest BCUT2D eigenvalue weighted by atomic mass is 9.98. The summed E-state index contributed by atoms with van der Waals surface area (Å²) in [6.45, 7) is 2.82. The smallest absolute Gasteiger partial charge is 0.347 e. The number of rotatable bonds is 3. The van der Waals surface area contributed by atoms with Crippen LogP contribution in [0.3, 0.4) is 0 Å². The zero-order valence-electron chi connectivity index (χ0n) is 14.0. The summed E-state index contributed by atoms with van der Waals surface area (Å²) in [4.78, 5) is 28.9. The number of H-pyrrole nitrogens is 1. The first-order valence-corrected chi connectivity index (χ1v) is 7.88. The van der Waals surface area contributed by atoms with Crippen LogP contribution in [0, 0.1) is 0 Å². The van der Waals surface area contributed by atoms with E-state index in [1.165, 1.54) is 18.4 Å². The molecule has 2 N–H and O–H groups in total. The molecule has 6 heteroatoms. The summed E-state index contributed by atoms with van der Waals surface area (Å²) < 4.78 is 4.59. The second-order valence-electron chi connectivity index (χ2n) is 5.89. The first-order valence-electron chi connectivity index (χ1n) is 7.88. The molecule has 6 nitrogen and oxygen atoms in total. The maximum absolute atomic E-state index is 12.3. The van der Waals surface area contributed by atoms with E-state index in [1.807, 2.05) is 32.2 Å². The molecular weight excluding hydrogens is 308 g/mol. The lowest BCUT2D eigenvalue weighted by Crippen LogP contribution is -2.21. The fourth-order valence-electron chi connectivity index (χ4n) is 3.23. The number of carbonyl (C=O) groups excluding carboxylic acids is 1. The van der Waals surface area contributed by atoms with E-state index < -0.39 is 11.5 Å². The van der Waals surface area contributed by atoms with Crippen LogP contribution in [-0.4, -0.2) is 36.8 Å². The highest BCUT2D eigenvalue weighted by atomic mass is 16.5. The quantitative estimate of drug-likeness (QED) is 0.843. The number of nitrogens with zero attached hydrogens (tertiary/aromatic N) is 1. The summed E-state index contributed by atoms with van der Waals surface area (Å²) in [5.74, 6) is -1.15. The molecule has 1 aromatic carbocycles. The second kappa shape index (κ2) is 6.03. The number of esters is 1. The van der Waals surface area contributed by atoms with Gasteiger partial charge < -0.3 is 19.7 Å². The van der Waals surface area contributed by atoms with E-state index in [1.54, 1.807) is 0 Å². The number of likely N-dealkylation sites (N-methyl/N-ethyl adjacent to an activating group) is 1. The molecule has 24 heavy (non-hydrogen) atoms. The van der Waals surface area contributed by atoms with Gasteiger partial charge in [0.2, 0.25) is 0 Å². The Morgan fingerprint density at radius 1 is 1.42 bits per heavy atom. The third-order valence-corrected chi connectivity index (χ3v) is 4.53. The van der Waals surface area contributed by atoms with Crippen LogP contribution in [0.25, 0.3) is 11.3 Å². The fourth-order valence-corrected chi connectivity index (χ4v) is 3.23. The molecule has 1 aliphatic rings. The molecule has 0 amide bonds. The molecule has 0 spiro atoms. The van der Waals surface area contributed by atoms with E-state index >= 15 is 0 Å². The van der Waals surface area contributed by atoms with Crippen molar-refractivity contribution in [2.24, 2.45) is 0 Å². The predicted octanol–water partition coefficient (Wildman–Crippen LogP) is 2.09. The van der Waals surface area contributed by atoms with Crippen molar-refractivity contribution in [2.75, 3.05) is 25.6 Å². The molecule has 2 aromatic rings. The summed E-state index contributed by atoms with van der Waals surface area (Å²) in [7, 11) is 3.22. The molecule has 1 aliphatic heterocycles. The molecular formula is C18H20N2O4. The van der Waals surface area contributed by atoms with Crippen molar-refractivity contribution in [3.63, 3.8) is 0 Å². The van der Waals surface area contributed by atoms with Crippen molar-refractivity contribution < 1.29 is 14.6 Å². The van der Waals surface area contributed by atoms with Gasteiger partial charge in [0.1, 0.15) is 5.75 Å². The zero-order chi connectivity index (χ0) is 17.4. The predicted molar refractivity (Wildman–Crippen MR) is 91.9 cm³/mol. The van der Waals surface area contributed by atoms with Crippen LogP contribution in [0.5, 0.6) is 5.75 Å². The number of hydrogen-bond donors (Lipinski definition) is 2. The average Bonchev–Trinajstić information content (AvgIpc) is 2.94.